The number of rotatable bonds is 4. The summed E-state index contributed by atoms with van der Waals surface area (Å²) in [7, 11) is 0. The van der Waals surface area contributed by atoms with Crippen LogP contribution >= 0.6 is 0 Å². The van der Waals surface area contributed by atoms with Crippen molar-refractivity contribution in [1.82, 2.24) is 5.32 Å². The van der Waals surface area contributed by atoms with Crippen molar-refractivity contribution in [2.75, 3.05) is 6.54 Å². The van der Waals surface area contributed by atoms with Crippen LogP contribution in [-0.4, -0.2) is 24.0 Å². The van der Waals surface area contributed by atoms with Crippen LogP contribution in [0.3, 0.4) is 0 Å². The number of hydrogen-bond acceptors (Lipinski definition) is 3. The third-order valence-electron chi connectivity index (χ3n) is 2.72. The fourth-order valence-electron chi connectivity index (χ4n) is 1.92. The third kappa shape index (κ3) is 6.42. The Balaban J connectivity index is 2.20. The predicted octanol–water partition coefficient (Wildman–Crippen LogP) is 2.83. The van der Waals surface area contributed by atoms with Gasteiger partial charge in [0.05, 0.1) is 6.54 Å². The van der Waals surface area contributed by atoms with Crippen LogP contribution in [0.1, 0.15) is 46.5 Å². The molecule has 1 amide bonds. The van der Waals surface area contributed by atoms with E-state index in [0.717, 1.165) is 19.3 Å². The Hall–Kier alpha value is -1.32. The number of ether oxygens (including phenoxy) is 1. The lowest BCUT2D eigenvalue weighted by Crippen LogP contribution is -2.35. The Kier molecular flexibility index (Phi) is 5.38. The SMILES string of the molecule is CC(C)(C)OC(=O)NCC(=O)CC1CC=CCC1. The molecule has 102 valence electrons. The number of carbonyl (C=O) groups is 2. The van der Waals surface area contributed by atoms with Crippen LogP contribution in [0.15, 0.2) is 12.2 Å². The van der Waals surface area contributed by atoms with Gasteiger partial charge in [-0.25, -0.2) is 4.79 Å². The molecule has 4 nitrogen and oxygen atoms in total. The molecule has 0 radical (unpaired) electrons. The first-order chi connectivity index (χ1) is 8.37. The zero-order chi connectivity index (χ0) is 13.6. The molecule has 0 aromatic rings. The molecule has 0 heterocycles. The normalized spacial score (nSPS) is 19.4. The standard InChI is InChI=1S/C14H23NO3/c1-14(2,3)18-13(17)15-10-12(16)9-11-7-5-4-6-8-11/h4-5,11H,6-10H2,1-3H3,(H,15,17). The molecule has 0 bridgehead atoms. The van der Waals surface area contributed by atoms with Gasteiger partial charge in [0.15, 0.2) is 5.78 Å². The van der Waals surface area contributed by atoms with E-state index in [1.807, 2.05) is 0 Å². The molecule has 0 aliphatic heterocycles. The molecule has 0 spiro atoms. The number of amides is 1. The third-order valence-corrected chi connectivity index (χ3v) is 2.72. The van der Waals surface area contributed by atoms with Crippen LogP contribution in [0, 0.1) is 5.92 Å². The van der Waals surface area contributed by atoms with Gasteiger partial charge in [-0.3, -0.25) is 4.79 Å². The monoisotopic (exact) mass is 253 g/mol. The fourth-order valence-corrected chi connectivity index (χ4v) is 1.92. The molecular formula is C14H23NO3. The molecule has 4 heteroatoms. The molecule has 0 saturated carbocycles. The summed E-state index contributed by atoms with van der Waals surface area (Å²) in [5.74, 6) is 0.504. The first-order valence-corrected chi connectivity index (χ1v) is 6.50. The number of Topliss-reactive ketones (excluding diaryl/α,β-unsaturated/α-hetero) is 1. The quantitative estimate of drug-likeness (QED) is 0.784. The van der Waals surface area contributed by atoms with Crippen molar-refractivity contribution in [2.45, 2.75) is 52.1 Å². The number of allylic oxidation sites excluding steroid dienone is 2. The Bertz CT molecular complexity index is 328. The summed E-state index contributed by atoms with van der Waals surface area (Å²) >= 11 is 0. The van der Waals surface area contributed by atoms with Crippen molar-refractivity contribution in [2.24, 2.45) is 5.92 Å². The minimum atomic E-state index is -0.528. The summed E-state index contributed by atoms with van der Waals surface area (Å²) in [4.78, 5) is 23.0. The second-order valence-electron chi connectivity index (χ2n) is 5.75. The summed E-state index contributed by atoms with van der Waals surface area (Å²) in [5, 5.41) is 2.50. The van der Waals surface area contributed by atoms with E-state index in [4.69, 9.17) is 4.74 Å². The summed E-state index contributed by atoms with van der Waals surface area (Å²) in [6.07, 6.45) is 7.38. The van der Waals surface area contributed by atoms with Crippen molar-refractivity contribution in [1.29, 1.82) is 0 Å². The van der Waals surface area contributed by atoms with E-state index in [1.54, 1.807) is 20.8 Å². The van der Waals surface area contributed by atoms with Crippen molar-refractivity contribution in [3.8, 4) is 0 Å². The predicted molar refractivity (Wildman–Crippen MR) is 70.3 cm³/mol. The van der Waals surface area contributed by atoms with Gasteiger partial charge in [-0.2, -0.15) is 0 Å². The van der Waals surface area contributed by atoms with Crippen molar-refractivity contribution in [3.63, 3.8) is 0 Å². The van der Waals surface area contributed by atoms with Gasteiger partial charge >= 0.3 is 6.09 Å². The topological polar surface area (TPSA) is 55.4 Å². The minimum absolute atomic E-state index is 0.0646. The molecule has 0 aromatic carbocycles. The van der Waals surface area contributed by atoms with Gasteiger partial charge < -0.3 is 10.1 Å². The number of carbonyl (C=O) groups excluding carboxylic acids is 2. The first kappa shape index (κ1) is 14.7. The maximum Gasteiger partial charge on any atom is 0.408 e. The molecule has 1 aliphatic rings. The summed E-state index contributed by atoms with van der Waals surface area (Å²) in [6, 6.07) is 0. The van der Waals surface area contributed by atoms with E-state index in [1.165, 1.54) is 0 Å². The lowest BCUT2D eigenvalue weighted by atomic mass is 9.90. The fraction of sp³-hybridized carbons (Fsp3) is 0.714. The number of alkyl carbamates (subject to hydrolysis) is 1. The zero-order valence-electron chi connectivity index (χ0n) is 11.5. The average molecular weight is 253 g/mol. The molecule has 18 heavy (non-hydrogen) atoms. The lowest BCUT2D eigenvalue weighted by Gasteiger charge is -2.20. The number of nitrogens with one attached hydrogen (secondary N) is 1. The minimum Gasteiger partial charge on any atom is -0.444 e. The maximum atomic E-state index is 11.7. The largest absolute Gasteiger partial charge is 0.444 e. The van der Waals surface area contributed by atoms with Gasteiger partial charge in [-0.1, -0.05) is 12.2 Å². The molecular weight excluding hydrogens is 230 g/mol. The highest BCUT2D eigenvalue weighted by atomic mass is 16.6. The number of ketones is 1. The van der Waals surface area contributed by atoms with Crippen LogP contribution < -0.4 is 5.32 Å². The van der Waals surface area contributed by atoms with Gasteiger partial charge in [0.1, 0.15) is 5.60 Å². The highest BCUT2D eigenvalue weighted by Gasteiger charge is 2.18. The van der Waals surface area contributed by atoms with Gasteiger partial charge in [-0.15, -0.1) is 0 Å². The Morgan fingerprint density at radius 3 is 2.61 bits per heavy atom. The molecule has 0 saturated heterocycles. The van der Waals surface area contributed by atoms with Crippen LogP contribution in [-0.2, 0) is 9.53 Å². The van der Waals surface area contributed by atoms with Gasteiger partial charge in [0.2, 0.25) is 0 Å². The van der Waals surface area contributed by atoms with Crippen molar-refractivity contribution >= 4 is 11.9 Å². The molecule has 1 unspecified atom stereocenters. The molecule has 1 atom stereocenters. The Morgan fingerprint density at radius 2 is 2.06 bits per heavy atom. The van der Waals surface area contributed by atoms with Crippen LogP contribution in [0.25, 0.3) is 0 Å². The number of hydrogen-bond donors (Lipinski definition) is 1. The van der Waals surface area contributed by atoms with Crippen molar-refractivity contribution < 1.29 is 14.3 Å². The molecule has 1 rings (SSSR count). The lowest BCUT2D eigenvalue weighted by molar-refractivity contribution is -0.119. The molecule has 1 aliphatic carbocycles. The summed E-state index contributed by atoms with van der Waals surface area (Å²) in [6.45, 7) is 5.45. The highest BCUT2D eigenvalue weighted by Crippen LogP contribution is 2.21. The van der Waals surface area contributed by atoms with E-state index < -0.39 is 11.7 Å². The van der Waals surface area contributed by atoms with E-state index in [2.05, 4.69) is 17.5 Å². The van der Waals surface area contributed by atoms with Crippen molar-refractivity contribution in [3.05, 3.63) is 12.2 Å². The van der Waals surface area contributed by atoms with Crippen LogP contribution in [0.2, 0.25) is 0 Å². The molecule has 0 fully saturated rings. The molecule has 0 aromatic heterocycles. The van der Waals surface area contributed by atoms with E-state index >= 15 is 0 Å². The van der Waals surface area contributed by atoms with E-state index in [9.17, 15) is 9.59 Å². The first-order valence-electron chi connectivity index (χ1n) is 6.50. The van der Waals surface area contributed by atoms with E-state index in [0.29, 0.717) is 12.3 Å². The summed E-state index contributed by atoms with van der Waals surface area (Å²) < 4.78 is 5.06. The van der Waals surface area contributed by atoms with Gasteiger partial charge in [0.25, 0.3) is 0 Å². The second kappa shape index (κ2) is 6.57. The Morgan fingerprint density at radius 1 is 1.33 bits per heavy atom. The molecule has 1 N–H and O–H groups in total. The zero-order valence-corrected chi connectivity index (χ0v) is 11.5. The Labute approximate surface area is 109 Å². The average Bonchev–Trinajstić information content (AvgIpc) is 2.25. The second-order valence-corrected chi connectivity index (χ2v) is 5.75. The highest BCUT2D eigenvalue weighted by molar-refractivity contribution is 5.84. The smallest absolute Gasteiger partial charge is 0.408 e. The van der Waals surface area contributed by atoms with E-state index in [-0.39, 0.29) is 12.3 Å². The van der Waals surface area contributed by atoms with Gasteiger partial charge in [-0.05, 0) is 46.0 Å². The van der Waals surface area contributed by atoms with Crippen LogP contribution in [0.4, 0.5) is 4.79 Å². The van der Waals surface area contributed by atoms with Crippen LogP contribution in [0.5, 0.6) is 0 Å². The summed E-state index contributed by atoms with van der Waals surface area (Å²) in [5.41, 5.74) is -0.526. The maximum absolute atomic E-state index is 11.7. The van der Waals surface area contributed by atoms with Gasteiger partial charge in [0, 0.05) is 6.42 Å².